The molecule has 0 aliphatic carbocycles. The zero-order valence-electron chi connectivity index (χ0n) is 23.1. The van der Waals surface area contributed by atoms with Gasteiger partial charge in [-0.2, -0.15) is 12.7 Å². The number of hydrogen-bond donors (Lipinski definition) is 1. The van der Waals surface area contributed by atoms with E-state index in [9.17, 15) is 22.4 Å². The summed E-state index contributed by atoms with van der Waals surface area (Å²) in [5, 5.41) is 3.47. The van der Waals surface area contributed by atoms with E-state index in [0.717, 1.165) is 26.3 Å². The van der Waals surface area contributed by atoms with Crippen LogP contribution in [0.4, 0.5) is 10.1 Å². The third-order valence-corrected chi connectivity index (χ3v) is 8.85. The minimum atomic E-state index is -4.18. The zero-order chi connectivity index (χ0) is 30.2. The number of amides is 2. The molecule has 2 amide bonds. The lowest BCUT2D eigenvalue weighted by Gasteiger charge is -2.34. The molecule has 0 heterocycles. The Labute approximate surface area is 250 Å². The molecule has 0 bridgehead atoms. The molecular weight excluding hydrogens is 590 g/mol. The number of anilines is 1. The molecule has 3 aromatic carbocycles. The molecule has 0 saturated heterocycles. The van der Waals surface area contributed by atoms with Gasteiger partial charge < -0.3 is 10.2 Å². The summed E-state index contributed by atoms with van der Waals surface area (Å²) in [7, 11) is -1.51. The van der Waals surface area contributed by atoms with Crippen LogP contribution in [0.2, 0.25) is 10.0 Å². The molecule has 220 valence electrons. The summed E-state index contributed by atoms with van der Waals surface area (Å²) in [6.45, 7) is 1.62. The summed E-state index contributed by atoms with van der Waals surface area (Å²) in [4.78, 5) is 29.0. The maximum atomic E-state index is 14.1. The van der Waals surface area contributed by atoms with Crippen LogP contribution in [0.25, 0.3) is 0 Å². The van der Waals surface area contributed by atoms with Crippen molar-refractivity contribution in [3.05, 3.63) is 99.8 Å². The van der Waals surface area contributed by atoms with Crippen LogP contribution in [-0.4, -0.2) is 62.7 Å². The molecule has 8 nitrogen and oxygen atoms in total. The SMILES string of the molecule is CCCNC(=O)C(Cc1ccccc1)N(Cc1ccc(Cl)c(Cl)c1)C(=O)CN(c1ccc(F)cc1)S(=O)(=O)N(C)C. The molecule has 0 aliphatic rings. The van der Waals surface area contributed by atoms with E-state index in [1.807, 2.05) is 37.3 Å². The van der Waals surface area contributed by atoms with Gasteiger partial charge in [-0.3, -0.25) is 9.59 Å². The van der Waals surface area contributed by atoms with E-state index in [1.165, 1.54) is 31.1 Å². The molecule has 12 heteroatoms. The van der Waals surface area contributed by atoms with E-state index in [0.29, 0.717) is 23.6 Å². The first kappa shape index (κ1) is 32.3. The van der Waals surface area contributed by atoms with Gasteiger partial charge in [0.1, 0.15) is 18.4 Å². The van der Waals surface area contributed by atoms with Gasteiger partial charge in [0.2, 0.25) is 11.8 Å². The summed E-state index contributed by atoms with van der Waals surface area (Å²) < 4.78 is 42.2. The molecule has 0 aliphatic heterocycles. The first-order valence-corrected chi connectivity index (χ1v) is 15.1. The van der Waals surface area contributed by atoms with E-state index >= 15 is 0 Å². The predicted octanol–water partition coefficient (Wildman–Crippen LogP) is 4.91. The van der Waals surface area contributed by atoms with Crippen LogP contribution in [0.5, 0.6) is 0 Å². The van der Waals surface area contributed by atoms with E-state index in [-0.39, 0.29) is 29.6 Å². The fourth-order valence-electron chi connectivity index (χ4n) is 4.08. The van der Waals surface area contributed by atoms with E-state index in [1.54, 1.807) is 18.2 Å². The Morgan fingerprint density at radius 2 is 1.59 bits per heavy atom. The average molecular weight is 624 g/mol. The smallest absolute Gasteiger partial charge is 0.304 e. The monoisotopic (exact) mass is 622 g/mol. The number of benzene rings is 3. The Hall–Kier alpha value is -3.18. The maximum absolute atomic E-state index is 14.1. The third-order valence-electron chi connectivity index (χ3n) is 6.29. The van der Waals surface area contributed by atoms with Crippen LogP contribution >= 0.6 is 23.2 Å². The molecule has 3 rings (SSSR count). The molecule has 1 unspecified atom stereocenters. The van der Waals surface area contributed by atoms with Gasteiger partial charge in [-0.25, -0.2) is 8.70 Å². The quantitative estimate of drug-likeness (QED) is 0.293. The van der Waals surface area contributed by atoms with Crippen molar-refractivity contribution in [2.24, 2.45) is 0 Å². The molecule has 1 atom stereocenters. The second-order valence-electron chi connectivity index (χ2n) is 9.54. The number of halogens is 3. The van der Waals surface area contributed by atoms with Gasteiger partial charge in [-0.1, -0.05) is 66.5 Å². The molecule has 41 heavy (non-hydrogen) atoms. The van der Waals surface area contributed by atoms with E-state index < -0.39 is 34.5 Å². The minimum absolute atomic E-state index is 0.0496. The van der Waals surface area contributed by atoms with Crippen molar-refractivity contribution in [1.82, 2.24) is 14.5 Å². The molecule has 0 radical (unpaired) electrons. The number of nitrogens with one attached hydrogen (secondary N) is 1. The summed E-state index contributed by atoms with van der Waals surface area (Å²) >= 11 is 12.4. The second kappa shape index (κ2) is 14.6. The van der Waals surface area contributed by atoms with E-state index in [4.69, 9.17) is 23.2 Å². The molecule has 3 aromatic rings. The standard InChI is InChI=1S/C29H33Cl2FN4O4S/c1-4-16-33-29(38)27(18-21-8-6-5-7-9-21)35(19-22-10-15-25(30)26(31)17-22)28(37)20-36(41(39,40)34(2)3)24-13-11-23(32)12-14-24/h5-15,17,27H,4,16,18-20H2,1-3H3,(H,33,38). The van der Waals surface area contributed by atoms with Crippen LogP contribution in [0, 0.1) is 5.82 Å². The van der Waals surface area contributed by atoms with Gasteiger partial charge in [0.25, 0.3) is 0 Å². The topological polar surface area (TPSA) is 90.0 Å². The Morgan fingerprint density at radius 1 is 0.927 bits per heavy atom. The highest BCUT2D eigenvalue weighted by Crippen LogP contribution is 2.25. The number of carbonyl (C=O) groups is 2. The molecule has 0 saturated carbocycles. The average Bonchev–Trinajstić information content (AvgIpc) is 2.95. The molecule has 1 N–H and O–H groups in total. The summed E-state index contributed by atoms with van der Waals surface area (Å²) in [6.07, 6.45) is 0.865. The Kier molecular flexibility index (Phi) is 11.5. The lowest BCUT2D eigenvalue weighted by molar-refractivity contribution is -0.140. The second-order valence-corrected chi connectivity index (χ2v) is 12.4. The molecule has 0 aromatic heterocycles. The number of rotatable bonds is 13. The summed E-state index contributed by atoms with van der Waals surface area (Å²) in [5.41, 5.74) is 1.50. The highest BCUT2D eigenvalue weighted by molar-refractivity contribution is 7.90. The molecule has 0 fully saturated rings. The number of hydrogen-bond acceptors (Lipinski definition) is 4. The predicted molar refractivity (Wildman–Crippen MR) is 161 cm³/mol. The Balaban J connectivity index is 2.09. The van der Waals surface area contributed by atoms with Crippen molar-refractivity contribution in [3.63, 3.8) is 0 Å². The lowest BCUT2D eigenvalue weighted by atomic mass is 10.0. The van der Waals surface area contributed by atoms with Crippen LogP contribution < -0.4 is 9.62 Å². The Bertz CT molecular complexity index is 1440. The van der Waals surface area contributed by atoms with Crippen LogP contribution in [-0.2, 0) is 32.8 Å². The van der Waals surface area contributed by atoms with Crippen molar-refractivity contribution < 1.29 is 22.4 Å². The number of carbonyl (C=O) groups excluding carboxylic acids is 2. The van der Waals surface area contributed by atoms with Crippen LogP contribution in [0.1, 0.15) is 24.5 Å². The minimum Gasteiger partial charge on any atom is -0.354 e. The third kappa shape index (κ3) is 8.65. The van der Waals surface area contributed by atoms with Crippen LogP contribution in [0.3, 0.4) is 0 Å². The normalized spacial score (nSPS) is 12.2. The molecular formula is C29H33Cl2FN4O4S. The maximum Gasteiger partial charge on any atom is 0.304 e. The van der Waals surface area contributed by atoms with Gasteiger partial charge in [-0.15, -0.1) is 0 Å². The first-order valence-electron chi connectivity index (χ1n) is 12.9. The fraction of sp³-hybridized carbons (Fsp3) is 0.310. The lowest BCUT2D eigenvalue weighted by Crippen LogP contribution is -2.54. The summed E-state index contributed by atoms with van der Waals surface area (Å²) in [6, 6.07) is 17.9. The molecule has 0 spiro atoms. The largest absolute Gasteiger partial charge is 0.354 e. The Morgan fingerprint density at radius 3 is 2.17 bits per heavy atom. The van der Waals surface area contributed by atoms with Gasteiger partial charge in [0.05, 0.1) is 15.7 Å². The van der Waals surface area contributed by atoms with E-state index in [2.05, 4.69) is 5.32 Å². The van der Waals surface area contributed by atoms with Gasteiger partial charge in [-0.05, 0) is 53.9 Å². The van der Waals surface area contributed by atoms with Gasteiger partial charge in [0, 0.05) is 33.6 Å². The first-order chi connectivity index (χ1) is 19.4. The van der Waals surface area contributed by atoms with Crippen LogP contribution in [0.15, 0.2) is 72.8 Å². The summed E-state index contributed by atoms with van der Waals surface area (Å²) in [5.74, 6) is -1.58. The highest BCUT2D eigenvalue weighted by Gasteiger charge is 2.34. The van der Waals surface area contributed by atoms with Crippen molar-refractivity contribution in [2.75, 3.05) is 31.5 Å². The van der Waals surface area contributed by atoms with Crippen molar-refractivity contribution in [3.8, 4) is 0 Å². The zero-order valence-corrected chi connectivity index (χ0v) is 25.4. The highest BCUT2D eigenvalue weighted by atomic mass is 35.5. The fourth-order valence-corrected chi connectivity index (χ4v) is 5.46. The van der Waals surface area contributed by atoms with Crippen molar-refractivity contribution >= 4 is 50.9 Å². The number of nitrogens with zero attached hydrogens (tertiary/aromatic N) is 3. The van der Waals surface area contributed by atoms with Crippen molar-refractivity contribution in [2.45, 2.75) is 32.4 Å². The van der Waals surface area contributed by atoms with Gasteiger partial charge in [0.15, 0.2) is 0 Å². The van der Waals surface area contributed by atoms with Crippen molar-refractivity contribution in [1.29, 1.82) is 0 Å². The van der Waals surface area contributed by atoms with Gasteiger partial charge >= 0.3 is 10.2 Å².